The number of primary amides is 1. The van der Waals surface area contributed by atoms with E-state index in [1.807, 2.05) is 0 Å². The molecule has 0 saturated heterocycles. The minimum atomic E-state index is -0.445. The summed E-state index contributed by atoms with van der Waals surface area (Å²) in [7, 11) is 0. The van der Waals surface area contributed by atoms with Gasteiger partial charge < -0.3 is 11.1 Å². The van der Waals surface area contributed by atoms with Crippen LogP contribution in [0.25, 0.3) is 0 Å². The Balaban J connectivity index is 2.74. The highest BCUT2D eigenvalue weighted by atomic mass is 35.5. The summed E-state index contributed by atoms with van der Waals surface area (Å²) in [5, 5.41) is 3.33. The van der Waals surface area contributed by atoms with Crippen LogP contribution in [-0.2, 0) is 4.79 Å². The van der Waals surface area contributed by atoms with Crippen LogP contribution in [0.15, 0.2) is 18.5 Å². The van der Waals surface area contributed by atoms with Crippen LogP contribution in [0.4, 0.5) is 5.69 Å². The van der Waals surface area contributed by atoms with Crippen molar-refractivity contribution in [2.45, 2.75) is 13.0 Å². The second-order valence-corrected chi connectivity index (χ2v) is 3.03. The summed E-state index contributed by atoms with van der Waals surface area (Å²) in [5.74, 6) is -0.423. The number of halogens is 1. The average Bonchev–Trinajstić information content (AvgIpc) is 2.08. The number of nitrogens with one attached hydrogen (secondary N) is 1. The van der Waals surface area contributed by atoms with Crippen LogP contribution in [0.2, 0.25) is 5.02 Å². The highest BCUT2D eigenvalue weighted by molar-refractivity contribution is 6.33. The number of carbonyl (C=O) groups excluding carboxylic acids is 1. The summed E-state index contributed by atoms with van der Waals surface area (Å²) in [4.78, 5) is 14.5. The molecular weight excluding hydrogens is 190 g/mol. The normalized spacial score (nSPS) is 12.2. The highest BCUT2D eigenvalue weighted by Crippen LogP contribution is 2.19. The van der Waals surface area contributed by atoms with E-state index in [-0.39, 0.29) is 0 Å². The number of pyridine rings is 1. The smallest absolute Gasteiger partial charge is 0.239 e. The van der Waals surface area contributed by atoms with Crippen molar-refractivity contribution >= 4 is 23.2 Å². The van der Waals surface area contributed by atoms with E-state index in [1.54, 1.807) is 19.2 Å². The number of anilines is 1. The molecular formula is C8H10ClN3O. The van der Waals surface area contributed by atoms with E-state index in [9.17, 15) is 4.79 Å². The Morgan fingerprint density at radius 1 is 1.77 bits per heavy atom. The molecule has 0 radical (unpaired) electrons. The summed E-state index contributed by atoms with van der Waals surface area (Å²) >= 11 is 5.80. The Morgan fingerprint density at radius 3 is 3.00 bits per heavy atom. The fourth-order valence-corrected chi connectivity index (χ4v) is 0.971. The molecule has 1 heterocycles. The lowest BCUT2D eigenvalue weighted by Gasteiger charge is -2.11. The molecule has 1 aromatic heterocycles. The van der Waals surface area contributed by atoms with Crippen LogP contribution in [-0.4, -0.2) is 16.9 Å². The van der Waals surface area contributed by atoms with Crippen LogP contribution in [0.5, 0.6) is 0 Å². The minimum Gasteiger partial charge on any atom is -0.373 e. The maximum absolute atomic E-state index is 10.7. The van der Waals surface area contributed by atoms with Crippen molar-refractivity contribution in [1.29, 1.82) is 0 Å². The van der Waals surface area contributed by atoms with Gasteiger partial charge in [0.15, 0.2) is 0 Å². The summed E-state index contributed by atoms with van der Waals surface area (Å²) in [6, 6.07) is 1.24. The molecule has 0 aliphatic heterocycles. The van der Waals surface area contributed by atoms with E-state index < -0.39 is 11.9 Å². The maximum atomic E-state index is 10.7. The number of nitrogens with two attached hydrogens (primary N) is 1. The van der Waals surface area contributed by atoms with Crippen molar-refractivity contribution in [3.05, 3.63) is 23.5 Å². The molecule has 0 fully saturated rings. The Morgan fingerprint density at radius 2 is 2.46 bits per heavy atom. The van der Waals surface area contributed by atoms with Gasteiger partial charge in [-0.15, -0.1) is 0 Å². The Labute approximate surface area is 81.1 Å². The molecule has 5 heteroatoms. The number of nitrogens with zero attached hydrogens (tertiary/aromatic N) is 1. The van der Waals surface area contributed by atoms with E-state index in [0.717, 1.165) is 0 Å². The number of hydrogen-bond donors (Lipinski definition) is 2. The molecule has 70 valence electrons. The fraction of sp³-hybridized carbons (Fsp3) is 0.250. The van der Waals surface area contributed by atoms with E-state index in [0.29, 0.717) is 10.7 Å². The predicted molar refractivity (Wildman–Crippen MR) is 51.5 cm³/mol. The SMILES string of the molecule is CC(Nc1ccncc1Cl)C(N)=O. The van der Waals surface area contributed by atoms with Crippen molar-refractivity contribution in [2.24, 2.45) is 5.73 Å². The van der Waals surface area contributed by atoms with Crippen LogP contribution < -0.4 is 11.1 Å². The first kappa shape index (κ1) is 9.80. The highest BCUT2D eigenvalue weighted by Gasteiger charge is 2.09. The van der Waals surface area contributed by atoms with E-state index in [4.69, 9.17) is 17.3 Å². The van der Waals surface area contributed by atoms with E-state index >= 15 is 0 Å². The Hall–Kier alpha value is -1.29. The fourth-order valence-electron chi connectivity index (χ4n) is 0.797. The molecule has 1 rings (SSSR count). The summed E-state index contributed by atoms with van der Waals surface area (Å²) in [6.45, 7) is 1.67. The first-order chi connectivity index (χ1) is 6.11. The third-order valence-electron chi connectivity index (χ3n) is 1.57. The molecule has 13 heavy (non-hydrogen) atoms. The quantitative estimate of drug-likeness (QED) is 0.764. The molecule has 0 aliphatic rings. The van der Waals surface area contributed by atoms with Crippen molar-refractivity contribution in [3.63, 3.8) is 0 Å². The van der Waals surface area contributed by atoms with Crippen molar-refractivity contribution in [3.8, 4) is 0 Å². The summed E-state index contributed by atoms with van der Waals surface area (Å²) in [6.07, 6.45) is 3.08. The predicted octanol–water partition coefficient (Wildman–Crippen LogP) is 1.02. The van der Waals surface area contributed by atoms with Gasteiger partial charge in [0.25, 0.3) is 0 Å². The molecule has 1 aromatic rings. The van der Waals surface area contributed by atoms with Gasteiger partial charge >= 0.3 is 0 Å². The molecule has 3 N–H and O–H groups in total. The van der Waals surface area contributed by atoms with Crippen molar-refractivity contribution < 1.29 is 4.79 Å². The van der Waals surface area contributed by atoms with Crippen molar-refractivity contribution in [2.75, 3.05) is 5.32 Å². The third-order valence-corrected chi connectivity index (χ3v) is 1.87. The van der Waals surface area contributed by atoms with Crippen LogP contribution in [0.3, 0.4) is 0 Å². The summed E-state index contributed by atoms with van der Waals surface area (Å²) < 4.78 is 0. The third kappa shape index (κ3) is 2.59. The van der Waals surface area contributed by atoms with Gasteiger partial charge in [-0.25, -0.2) is 0 Å². The number of amides is 1. The van der Waals surface area contributed by atoms with E-state index in [1.165, 1.54) is 6.20 Å². The lowest BCUT2D eigenvalue weighted by atomic mass is 10.3. The zero-order valence-corrected chi connectivity index (χ0v) is 7.88. The standard InChI is InChI=1S/C8H10ClN3O/c1-5(8(10)13)12-7-2-3-11-4-6(7)9/h2-5H,1H3,(H2,10,13)(H,11,12). The number of carbonyl (C=O) groups is 1. The molecule has 0 bridgehead atoms. The molecule has 4 nitrogen and oxygen atoms in total. The zero-order valence-electron chi connectivity index (χ0n) is 7.12. The molecule has 1 amide bonds. The van der Waals surface area contributed by atoms with Gasteiger partial charge in [0.05, 0.1) is 10.7 Å². The van der Waals surface area contributed by atoms with Gasteiger partial charge in [0.1, 0.15) is 6.04 Å². The summed E-state index contributed by atoms with van der Waals surface area (Å²) in [5.41, 5.74) is 5.73. The molecule has 0 saturated carbocycles. The van der Waals surface area contributed by atoms with Gasteiger partial charge in [-0.1, -0.05) is 11.6 Å². The molecule has 1 unspecified atom stereocenters. The molecule has 0 aromatic carbocycles. The number of aromatic nitrogens is 1. The second kappa shape index (κ2) is 4.09. The van der Waals surface area contributed by atoms with Crippen LogP contribution in [0, 0.1) is 0 Å². The van der Waals surface area contributed by atoms with Gasteiger partial charge in [0, 0.05) is 12.4 Å². The monoisotopic (exact) mass is 199 g/mol. The van der Waals surface area contributed by atoms with Gasteiger partial charge in [-0.3, -0.25) is 9.78 Å². The topological polar surface area (TPSA) is 68.0 Å². The lowest BCUT2D eigenvalue weighted by Crippen LogP contribution is -2.32. The average molecular weight is 200 g/mol. The first-order valence-electron chi connectivity index (χ1n) is 3.76. The van der Waals surface area contributed by atoms with E-state index in [2.05, 4.69) is 10.3 Å². The van der Waals surface area contributed by atoms with Crippen LogP contribution in [0.1, 0.15) is 6.92 Å². The second-order valence-electron chi connectivity index (χ2n) is 2.62. The molecule has 0 aliphatic carbocycles. The largest absolute Gasteiger partial charge is 0.373 e. The number of hydrogen-bond acceptors (Lipinski definition) is 3. The lowest BCUT2D eigenvalue weighted by molar-refractivity contribution is -0.118. The number of rotatable bonds is 3. The maximum Gasteiger partial charge on any atom is 0.239 e. The Kier molecular flexibility index (Phi) is 3.08. The zero-order chi connectivity index (χ0) is 9.84. The van der Waals surface area contributed by atoms with Gasteiger partial charge in [-0.05, 0) is 13.0 Å². The molecule has 0 spiro atoms. The minimum absolute atomic E-state index is 0.423. The van der Waals surface area contributed by atoms with Crippen LogP contribution >= 0.6 is 11.6 Å². The Bertz CT molecular complexity index is 316. The molecule has 1 atom stereocenters. The van der Waals surface area contributed by atoms with Crippen molar-refractivity contribution in [1.82, 2.24) is 4.98 Å². The van der Waals surface area contributed by atoms with Gasteiger partial charge in [-0.2, -0.15) is 0 Å². The van der Waals surface area contributed by atoms with Gasteiger partial charge in [0.2, 0.25) is 5.91 Å². The first-order valence-corrected chi connectivity index (χ1v) is 4.14.